The summed E-state index contributed by atoms with van der Waals surface area (Å²) >= 11 is 0. The molecule has 10 heteroatoms. The van der Waals surface area contributed by atoms with Crippen LogP contribution in [0.3, 0.4) is 0 Å². The Labute approximate surface area is 216 Å². The minimum Gasteiger partial charge on any atom is -0.410 e. The molecule has 0 spiro atoms. The molecule has 0 fully saturated rings. The zero-order valence-electron chi connectivity index (χ0n) is 21.6. The van der Waals surface area contributed by atoms with Gasteiger partial charge in [-0.3, -0.25) is 9.48 Å². The number of aromatic nitrogens is 3. The highest BCUT2D eigenvalue weighted by Gasteiger charge is 2.29. The topological polar surface area (TPSA) is 110 Å². The van der Waals surface area contributed by atoms with E-state index in [4.69, 9.17) is 9.47 Å². The Morgan fingerprint density at radius 1 is 1.27 bits per heavy atom. The highest BCUT2D eigenvalue weighted by atomic mass is 16.6. The van der Waals surface area contributed by atoms with E-state index in [0.717, 1.165) is 10.8 Å². The second-order valence-corrected chi connectivity index (χ2v) is 9.71. The second-order valence-electron chi connectivity index (χ2n) is 9.71. The molecule has 0 aliphatic carbocycles. The summed E-state index contributed by atoms with van der Waals surface area (Å²) in [6.45, 7) is 5.11. The van der Waals surface area contributed by atoms with E-state index < -0.39 is 12.2 Å². The fourth-order valence-electron chi connectivity index (χ4n) is 4.49. The van der Waals surface area contributed by atoms with Crippen molar-refractivity contribution in [3.8, 4) is 5.75 Å². The van der Waals surface area contributed by atoms with E-state index in [9.17, 15) is 14.7 Å². The van der Waals surface area contributed by atoms with Gasteiger partial charge in [0.15, 0.2) is 0 Å². The lowest BCUT2D eigenvalue weighted by molar-refractivity contribution is -0.136. The summed E-state index contributed by atoms with van der Waals surface area (Å²) in [5, 5.41) is 19.9. The number of fused-ring (bicyclic) bond motifs is 3. The molecule has 3 aromatic rings. The van der Waals surface area contributed by atoms with Crippen molar-refractivity contribution in [1.29, 1.82) is 0 Å². The van der Waals surface area contributed by atoms with Crippen LogP contribution in [-0.2, 0) is 22.7 Å². The summed E-state index contributed by atoms with van der Waals surface area (Å²) in [6, 6.07) is 13.0. The molecule has 0 unspecified atom stereocenters. The first-order valence-electron chi connectivity index (χ1n) is 12.7. The normalized spacial score (nSPS) is 20.0. The lowest BCUT2D eigenvalue weighted by Gasteiger charge is -2.35. The van der Waals surface area contributed by atoms with E-state index >= 15 is 0 Å². The van der Waals surface area contributed by atoms with Gasteiger partial charge in [-0.2, -0.15) is 0 Å². The Morgan fingerprint density at radius 2 is 2.05 bits per heavy atom. The largest absolute Gasteiger partial charge is 0.415 e. The SMILES string of the molecule is C[C@H](CO)N1C[C@H](C)[C@H](CN(C)C(=O)Oc2cccc3ccccc23)OCc2cn(nn2)CCCC1=O. The van der Waals surface area contributed by atoms with Gasteiger partial charge in [-0.25, -0.2) is 4.79 Å². The average Bonchev–Trinajstić information content (AvgIpc) is 3.36. The van der Waals surface area contributed by atoms with Crippen LogP contribution in [0.5, 0.6) is 5.75 Å². The first-order valence-corrected chi connectivity index (χ1v) is 12.7. The van der Waals surface area contributed by atoms with Gasteiger partial charge in [0.05, 0.1) is 38.1 Å². The molecule has 198 valence electrons. The molecule has 3 atom stereocenters. The van der Waals surface area contributed by atoms with Crippen molar-refractivity contribution in [3.63, 3.8) is 0 Å². The standard InChI is InChI=1S/C27H35N5O5/c1-19-14-32(20(2)17-33)26(34)12-7-13-31-15-22(28-29-31)18-36-25(19)16-30(3)27(35)37-24-11-6-9-21-8-4-5-10-23(21)24/h4-6,8-11,15,19-20,25,33H,7,12-14,16-18H2,1-3H3/t19-,20+,25-/m0/s1. The quantitative estimate of drug-likeness (QED) is 0.563. The number of aryl methyl sites for hydroxylation is 1. The molecule has 37 heavy (non-hydrogen) atoms. The number of carbonyl (C=O) groups excluding carboxylic acids is 2. The van der Waals surface area contributed by atoms with E-state index in [1.807, 2.05) is 56.4 Å². The number of benzene rings is 2. The predicted octanol–water partition coefficient (Wildman–Crippen LogP) is 3.09. The van der Waals surface area contributed by atoms with Gasteiger partial charge >= 0.3 is 6.09 Å². The molecule has 0 saturated heterocycles. The number of carbonyl (C=O) groups is 2. The lowest BCUT2D eigenvalue weighted by Crippen LogP contribution is -2.48. The van der Waals surface area contributed by atoms with E-state index in [-0.39, 0.29) is 37.6 Å². The van der Waals surface area contributed by atoms with Crippen molar-refractivity contribution in [1.82, 2.24) is 24.8 Å². The van der Waals surface area contributed by atoms with Crippen LogP contribution in [0.25, 0.3) is 10.8 Å². The summed E-state index contributed by atoms with van der Waals surface area (Å²) in [6.07, 6.45) is 1.86. The van der Waals surface area contributed by atoms with Gasteiger partial charge in [-0.15, -0.1) is 5.10 Å². The maximum atomic E-state index is 13.1. The molecule has 1 aliphatic heterocycles. The third-order valence-corrected chi connectivity index (χ3v) is 6.76. The molecule has 2 aromatic carbocycles. The smallest absolute Gasteiger partial charge is 0.410 e. The van der Waals surface area contributed by atoms with Crippen molar-refractivity contribution in [2.75, 3.05) is 26.7 Å². The van der Waals surface area contributed by atoms with Crippen molar-refractivity contribution in [3.05, 3.63) is 54.4 Å². The first kappa shape index (κ1) is 26.6. The van der Waals surface area contributed by atoms with Crippen molar-refractivity contribution in [2.24, 2.45) is 5.92 Å². The van der Waals surface area contributed by atoms with Gasteiger partial charge in [0, 0.05) is 37.9 Å². The third kappa shape index (κ3) is 6.64. The molecule has 1 aromatic heterocycles. The van der Waals surface area contributed by atoms with Crippen LogP contribution >= 0.6 is 0 Å². The fraction of sp³-hybridized carbons (Fsp3) is 0.481. The zero-order chi connectivity index (χ0) is 26.4. The second kappa shape index (κ2) is 12.2. The summed E-state index contributed by atoms with van der Waals surface area (Å²) in [5.41, 5.74) is 0.685. The number of hydrogen-bond acceptors (Lipinski definition) is 7. The third-order valence-electron chi connectivity index (χ3n) is 6.76. The molecule has 2 bridgehead atoms. The Bertz CT molecular complexity index is 1210. The summed E-state index contributed by atoms with van der Waals surface area (Å²) in [7, 11) is 1.67. The Morgan fingerprint density at radius 3 is 2.86 bits per heavy atom. The molecule has 0 saturated carbocycles. The minimum atomic E-state index is -0.502. The van der Waals surface area contributed by atoms with Crippen LogP contribution < -0.4 is 4.74 Å². The van der Waals surface area contributed by atoms with Gasteiger partial charge in [0.2, 0.25) is 5.91 Å². The maximum Gasteiger partial charge on any atom is 0.415 e. The maximum absolute atomic E-state index is 13.1. The average molecular weight is 510 g/mol. The molecule has 4 rings (SSSR count). The molecule has 2 heterocycles. The zero-order valence-corrected chi connectivity index (χ0v) is 21.6. The number of amides is 2. The van der Waals surface area contributed by atoms with Crippen molar-refractivity contribution < 1.29 is 24.2 Å². The number of likely N-dealkylation sites (N-methyl/N-ethyl adjacent to an activating group) is 1. The fourth-order valence-corrected chi connectivity index (χ4v) is 4.49. The van der Waals surface area contributed by atoms with Crippen LogP contribution in [0.15, 0.2) is 48.7 Å². The van der Waals surface area contributed by atoms with Crippen LogP contribution in [0.2, 0.25) is 0 Å². The summed E-state index contributed by atoms with van der Waals surface area (Å²) in [5.74, 6) is 0.320. The highest BCUT2D eigenvalue weighted by Crippen LogP contribution is 2.26. The Kier molecular flexibility index (Phi) is 8.73. The van der Waals surface area contributed by atoms with Crippen molar-refractivity contribution in [2.45, 2.75) is 52.0 Å². The molecule has 2 amide bonds. The Hall–Kier alpha value is -3.50. The highest BCUT2D eigenvalue weighted by molar-refractivity contribution is 5.90. The van der Waals surface area contributed by atoms with Crippen LogP contribution in [0, 0.1) is 5.92 Å². The molecular weight excluding hydrogens is 474 g/mol. The van der Waals surface area contributed by atoms with Crippen LogP contribution in [0.4, 0.5) is 4.79 Å². The lowest BCUT2D eigenvalue weighted by atomic mass is 10.0. The molecule has 0 radical (unpaired) electrons. The molecule has 1 N–H and O–H groups in total. The minimum absolute atomic E-state index is 0.0320. The molecule has 10 nitrogen and oxygen atoms in total. The molecule has 1 aliphatic rings. The Balaban J connectivity index is 1.51. The summed E-state index contributed by atoms with van der Waals surface area (Å²) < 4.78 is 13.7. The van der Waals surface area contributed by atoms with E-state index in [0.29, 0.717) is 37.4 Å². The van der Waals surface area contributed by atoms with Crippen LogP contribution in [-0.4, -0.2) is 80.8 Å². The van der Waals surface area contributed by atoms with E-state index in [1.54, 1.807) is 22.7 Å². The monoisotopic (exact) mass is 509 g/mol. The number of aliphatic hydroxyl groups excluding tert-OH is 1. The number of aliphatic hydroxyl groups is 1. The number of rotatable bonds is 5. The number of hydrogen-bond donors (Lipinski definition) is 1. The van der Waals surface area contributed by atoms with Gasteiger partial charge in [0.1, 0.15) is 11.4 Å². The number of nitrogens with zero attached hydrogens (tertiary/aromatic N) is 5. The van der Waals surface area contributed by atoms with Crippen molar-refractivity contribution >= 4 is 22.8 Å². The first-order chi connectivity index (χ1) is 17.9. The van der Waals surface area contributed by atoms with Gasteiger partial charge in [0.25, 0.3) is 0 Å². The van der Waals surface area contributed by atoms with Crippen LogP contribution in [0.1, 0.15) is 32.4 Å². The van der Waals surface area contributed by atoms with Gasteiger partial charge in [-0.1, -0.05) is 48.5 Å². The summed E-state index contributed by atoms with van der Waals surface area (Å²) in [4.78, 5) is 29.3. The number of ether oxygens (including phenoxy) is 2. The molecular formula is C27H35N5O5. The van der Waals surface area contributed by atoms with E-state index in [2.05, 4.69) is 10.3 Å². The predicted molar refractivity (Wildman–Crippen MR) is 138 cm³/mol. The van der Waals surface area contributed by atoms with Gasteiger partial charge < -0.3 is 24.4 Å². The van der Waals surface area contributed by atoms with Gasteiger partial charge in [-0.05, 0) is 24.8 Å². The van der Waals surface area contributed by atoms with E-state index in [1.165, 1.54) is 4.90 Å².